The third-order valence-corrected chi connectivity index (χ3v) is 2.97. The van der Waals surface area contributed by atoms with Gasteiger partial charge in [0.15, 0.2) is 0 Å². The Kier molecular flexibility index (Phi) is 3.35. The molecule has 1 unspecified atom stereocenters. The monoisotopic (exact) mass is 234 g/mol. The molecular formula is C14H15ClO. The molecule has 2 aromatic rings. The first-order valence-corrected chi connectivity index (χ1v) is 5.85. The molecule has 2 rings (SSSR count). The van der Waals surface area contributed by atoms with Gasteiger partial charge in [-0.05, 0) is 38.0 Å². The molecule has 84 valence electrons. The number of aryl methyl sites for hydroxylation is 2. The topological polar surface area (TPSA) is 13.1 Å². The molecule has 16 heavy (non-hydrogen) atoms. The fourth-order valence-corrected chi connectivity index (χ4v) is 1.95. The van der Waals surface area contributed by atoms with E-state index in [1.807, 2.05) is 19.1 Å². The third-order valence-electron chi connectivity index (χ3n) is 2.61. The number of furan rings is 1. The maximum atomic E-state index is 6.30. The summed E-state index contributed by atoms with van der Waals surface area (Å²) < 4.78 is 5.51. The van der Waals surface area contributed by atoms with Crippen molar-refractivity contribution in [3.05, 3.63) is 59.0 Å². The van der Waals surface area contributed by atoms with Crippen LogP contribution in [0.2, 0.25) is 0 Å². The summed E-state index contributed by atoms with van der Waals surface area (Å²) in [4.78, 5) is 0. The van der Waals surface area contributed by atoms with Crippen LogP contribution in [-0.2, 0) is 6.42 Å². The summed E-state index contributed by atoms with van der Waals surface area (Å²) in [5, 5.41) is -0.0867. The Hall–Kier alpha value is -1.21. The van der Waals surface area contributed by atoms with Crippen LogP contribution >= 0.6 is 11.6 Å². The van der Waals surface area contributed by atoms with E-state index in [1.54, 1.807) is 0 Å². The molecule has 0 fully saturated rings. The highest BCUT2D eigenvalue weighted by Crippen LogP contribution is 2.26. The van der Waals surface area contributed by atoms with E-state index in [4.69, 9.17) is 16.0 Å². The van der Waals surface area contributed by atoms with E-state index in [0.717, 1.165) is 17.9 Å². The highest BCUT2D eigenvalue weighted by molar-refractivity contribution is 6.20. The Morgan fingerprint density at radius 3 is 2.31 bits per heavy atom. The normalized spacial score (nSPS) is 12.7. The Balaban J connectivity index is 2.07. The van der Waals surface area contributed by atoms with E-state index in [2.05, 4.69) is 31.2 Å². The molecule has 0 aliphatic rings. The molecule has 2 heteroatoms. The molecule has 0 bridgehead atoms. The number of rotatable bonds is 3. The van der Waals surface area contributed by atoms with Crippen LogP contribution in [0.4, 0.5) is 0 Å². The lowest BCUT2D eigenvalue weighted by Crippen LogP contribution is -1.94. The molecule has 0 spiro atoms. The minimum Gasteiger partial charge on any atom is -0.465 e. The first kappa shape index (κ1) is 11.3. The van der Waals surface area contributed by atoms with Gasteiger partial charge in [0, 0.05) is 0 Å². The van der Waals surface area contributed by atoms with Crippen LogP contribution in [0.5, 0.6) is 0 Å². The van der Waals surface area contributed by atoms with E-state index in [9.17, 15) is 0 Å². The van der Waals surface area contributed by atoms with Crippen molar-refractivity contribution < 1.29 is 4.42 Å². The van der Waals surface area contributed by atoms with Gasteiger partial charge >= 0.3 is 0 Å². The summed E-state index contributed by atoms with van der Waals surface area (Å²) in [5.41, 5.74) is 2.50. The number of halogens is 1. The van der Waals surface area contributed by atoms with Gasteiger partial charge in [-0.2, -0.15) is 0 Å². The molecular weight excluding hydrogens is 220 g/mol. The van der Waals surface area contributed by atoms with Crippen molar-refractivity contribution in [2.45, 2.75) is 25.6 Å². The summed E-state index contributed by atoms with van der Waals surface area (Å²) in [7, 11) is 0. The molecule has 1 atom stereocenters. The number of hydrogen-bond donors (Lipinski definition) is 0. The van der Waals surface area contributed by atoms with Gasteiger partial charge in [-0.3, -0.25) is 0 Å². The zero-order valence-corrected chi connectivity index (χ0v) is 10.3. The van der Waals surface area contributed by atoms with E-state index in [1.165, 1.54) is 11.1 Å². The summed E-state index contributed by atoms with van der Waals surface area (Å²) in [5.74, 6) is 1.75. The molecule has 0 radical (unpaired) electrons. The second-order valence-corrected chi connectivity index (χ2v) is 4.63. The zero-order valence-electron chi connectivity index (χ0n) is 9.53. The van der Waals surface area contributed by atoms with E-state index in [-0.39, 0.29) is 5.38 Å². The molecule has 0 aliphatic heterocycles. The summed E-state index contributed by atoms with van der Waals surface area (Å²) >= 11 is 6.30. The summed E-state index contributed by atoms with van der Waals surface area (Å²) in [6, 6.07) is 12.3. The SMILES string of the molecule is Cc1ccc(CC(Cl)c2ccc(C)o2)cc1. The molecule has 1 heterocycles. The van der Waals surface area contributed by atoms with Crippen LogP contribution in [0.15, 0.2) is 40.8 Å². The first-order chi connectivity index (χ1) is 7.65. The van der Waals surface area contributed by atoms with Gasteiger partial charge in [0.25, 0.3) is 0 Å². The van der Waals surface area contributed by atoms with E-state index < -0.39 is 0 Å². The van der Waals surface area contributed by atoms with Crippen LogP contribution < -0.4 is 0 Å². The Bertz CT molecular complexity index is 456. The minimum absolute atomic E-state index is 0.0867. The Morgan fingerprint density at radius 2 is 1.75 bits per heavy atom. The fourth-order valence-electron chi connectivity index (χ4n) is 1.65. The first-order valence-electron chi connectivity index (χ1n) is 5.41. The quantitative estimate of drug-likeness (QED) is 0.717. The number of hydrogen-bond acceptors (Lipinski definition) is 1. The van der Waals surface area contributed by atoms with Gasteiger partial charge in [0.2, 0.25) is 0 Å². The van der Waals surface area contributed by atoms with Crippen molar-refractivity contribution in [3.8, 4) is 0 Å². The largest absolute Gasteiger partial charge is 0.465 e. The van der Waals surface area contributed by atoms with Gasteiger partial charge in [0.05, 0.1) is 5.38 Å². The molecule has 0 aliphatic carbocycles. The van der Waals surface area contributed by atoms with Crippen molar-refractivity contribution in [1.29, 1.82) is 0 Å². The average Bonchev–Trinajstić information content (AvgIpc) is 2.68. The zero-order chi connectivity index (χ0) is 11.5. The third kappa shape index (κ3) is 2.67. The molecule has 0 saturated heterocycles. The molecule has 1 nitrogen and oxygen atoms in total. The van der Waals surface area contributed by atoms with Crippen LogP contribution in [0.25, 0.3) is 0 Å². The lowest BCUT2D eigenvalue weighted by molar-refractivity contribution is 0.477. The number of benzene rings is 1. The number of alkyl halides is 1. The Labute approximate surface area is 101 Å². The van der Waals surface area contributed by atoms with Gasteiger partial charge in [-0.25, -0.2) is 0 Å². The fraction of sp³-hybridized carbons (Fsp3) is 0.286. The standard InChI is InChI=1S/C14H15ClO/c1-10-3-6-12(7-4-10)9-13(15)14-8-5-11(2)16-14/h3-8,13H,9H2,1-2H3. The van der Waals surface area contributed by atoms with E-state index >= 15 is 0 Å². The van der Waals surface area contributed by atoms with Gasteiger partial charge < -0.3 is 4.42 Å². The van der Waals surface area contributed by atoms with Crippen molar-refractivity contribution >= 4 is 11.6 Å². The smallest absolute Gasteiger partial charge is 0.122 e. The lowest BCUT2D eigenvalue weighted by atomic mass is 10.1. The average molecular weight is 235 g/mol. The molecule has 0 saturated carbocycles. The highest BCUT2D eigenvalue weighted by Gasteiger charge is 2.12. The summed E-state index contributed by atoms with van der Waals surface area (Å²) in [6.45, 7) is 4.01. The molecule has 1 aromatic carbocycles. The van der Waals surface area contributed by atoms with Crippen molar-refractivity contribution in [2.75, 3.05) is 0 Å². The highest BCUT2D eigenvalue weighted by atomic mass is 35.5. The summed E-state index contributed by atoms with van der Waals surface area (Å²) in [6.07, 6.45) is 0.800. The lowest BCUT2D eigenvalue weighted by Gasteiger charge is -2.06. The second kappa shape index (κ2) is 4.75. The van der Waals surface area contributed by atoms with Crippen LogP contribution in [0.3, 0.4) is 0 Å². The molecule has 0 N–H and O–H groups in total. The maximum Gasteiger partial charge on any atom is 0.122 e. The van der Waals surface area contributed by atoms with Crippen molar-refractivity contribution in [3.63, 3.8) is 0 Å². The van der Waals surface area contributed by atoms with Gasteiger partial charge in [0.1, 0.15) is 11.5 Å². The second-order valence-electron chi connectivity index (χ2n) is 4.11. The molecule has 0 amide bonds. The van der Waals surface area contributed by atoms with Crippen LogP contribution in [-0.4, -0.2) is 0 Å². The Morgan fingerprint density at radius 1 is 1.06 bits per heavy atom. The van der Waals surface area contributed by atoms with Crippen molar-refractivity contribution in [1.82, 2.24) is 0 Å². The van der Waals surface area contributed by atoms with Gasteiger partial charge in [-0.1, -0.05) is 29.8 Å². The van der Waals surface area contributed by atoms with Gasteiger partial charge in [-0.15, -0.1) is 11.6 Å². The maximum absolute atomic E-state index is 6.30. The van der Waals surface area contributed by atoms with Crippen LogP contribution in [0, 0.1) is 13.8 Å². The predicted molar refractivity (Wildman–Crippen MR) is 66.9 cm³/mol. The predicted octanol–water partition coefficient (Wildman–Crippen LogP) is 4.42. The molecule has 1 aromatic heterocycles. The van der Waals surface area contributed by atoms with Crippen molar-refractivity contribution in [2.24, 2.45) is 0 Å². The minimum atomic E-state index is -0.0867. The van der Waals surface area contributed by atoms with E-state index in [0.29, 0.717) is 0 Å². The van der Waals surface area contributed by atoms with Crippen LogP contribution in [0.1, 0.15) is 28.0 Å².